The molecule has 4 rings (SSSR count). The number of aromatic nitrogens is 1. The van der Waals surface area contributed by atoms with Gasteiger partial charge in [-0.1, -0.05) is 41.4 Å². The van der Waals surface area contributed by atoms with Crippen LogP contribution in [-0.4, -0.2) is 67.3 Å². The van der Waals surface area contributed by atoms with E-state index in [2.05, 4.69) is 20.9 Å². The van der Waals surface area contributed by atoms with Crippen LogP contribution < -0.4 is 4.90 Å². The zero-order valence-corrected chi connectivity index (χ0v) is 18.6. The van der Waals surface area contributed by atoms with Gasteiger partial charge in [0.05, 0.1) is 44.3 Å². The Labute approximate surface area is 193 Å². The summed E-state index contributed by atoms with van der Waals surface area (Å²) in [7, 11) is 0. The minimum Gasteiger partial charge on any atom is -0.468 e. The number of aliphatic hydroxyl groups excluding tert-OH is 1. The second kappa shape index (κ2) is 11.7. The van der Waals surface area contributed by atoms with Crippen LogP contribution in [0.4, 0.5) is 5.88 Å². The topological polar surface area (TPSA) is 84.3 Å². The van der Waals surface area contributed by atoms with Gasteiger partial charge < -0.3 is 28.4 Å². The summed E-state index contributed by atoms with van der Waals surface area (Å²) < 4.78 is 22.3. The minimum absolute atomic E-state index is 0.157. The molecular weight excluding hydrogens is 422 g/mol. The fraction of sp³-hybridized carbons (Fsp3) is 0.400. The summed E-state index contributed by atoms with van der Waals surface area (Å²) in [6.45, 7) is 4.46. The van der Waals surface area contributed by atoms with E-state index in [0.717, 1.165) is 41.6 Å². The van der Waals surface area contributed by atoms with Crippen molar-refractivity contribution in [3.8, 4) is 23.6 Å². The van der Waals surface area contributed by atoms with Crippen LogP contribution in [0.5, 0.6) is 0 Å². The molecule has 1 fully saturated rings. The first kappa shape index (κ1) is 23.1. The predicted octanol–water partition coefficient (Wildman–Crippen LogP) is 2.78. The van der Waals surface area contributed by atoms with Gasteiger partial charge >= 0.3 is 0 Å². The summed E-state index contributed by atoms with van der Waals surface area (Å²) in [5.41, 5.74) is 2.73. The van der Waals surface area contributed by atoms with Crippen molar-refractivity contribution in [3.05, 3.63) is 60.1 Å². The molecule has 1 saturated heterocycles. The largest absolute Gasteiger partial charge is 0.468 e. The van der Waals surface area contributed by atoms with Gasteiger partial charge in [0.1, 0.15) is 18.1 Å². The van der Waals surface area contributed by atoms with Crippen molar-refractivity contribution in [2.24, 2.45) is 0 Å². The molecular formula is C25H29N3O5. The van der Waals surface area contributed by atoms with Gasteiger partial charge in [-0.3, -0.25) is 4.90 Å². The molecule has 3 heterocycles. The molecule has 174 valence electrons. The molecule has 8 nitrogen and oxygen atoms in total. The normalized spacial score (nSPS) is 15.0. The highest BCUT2D eigenvalue weighted by Crippen LogP contribution is 2.33. The van der Waals surface area contributed by atoms with Crippen molar-refractivity contribution in [3.63, 3.8) is 0 Å². The van der Waals surface area contributed by atoms with Crippen molar-refractivity contribution in [1.29, 1.82) is 0 Å². The van der Waals surface area contributed by atoms with Gasteiger partial charge in [-0.15, -0.1) is 6.42 Å². The van der Waals surface area contributed by atoms with Crippen LogP contribution in [0.1, 0.15) is 11.3 Å². The second-order valence-corrected chi connectivity index (χ2v) is 7.90. The average molecular weight is 452 g/mol. The van der Waals surface area contributed by atoms with Crippen LogP contribution in [0, 0.1) is 12.3 Å². The van der Waals surface area contributed by atoms with E-state index < -0.39 is 6.10 Å². The summed E-state index contributed by atoms with van der Waals surface area (Å²) in [6.07, 6.45) is 6.18. The van der Waals surface area contributed by atoms with E-state index in [4.69, 9.17) is 24.8 Å². The molecule has 1 N–H and O–H groups in total. The molecule has 1 atom stereocenters. The molecule has 8 heteroatoms. The first-order valence-corrected chi connectivity index (χ1v) is 11.0. The van der Waals surface area contributed by atoms with Crippen molar-refractivity contribution < 1.29 is 23.5 Å². The van der Waals surface area contributed by atoms with Gasteiger partial charge in [0.15, 0.2) is 0 Å². The quantitative estimate of drug-likeness (QED) is 0.352. The standard InChI is InChI=1S/C25H29N3O5/c1-2-12-31-19-21(29)16-27(17-22-9-6-13-32-22)18-23-24(20-7-4-3-5-8-20)26-33-25(23)28-10-14-30-15-11-28/h1,3-9,13,21,29H,10-12,14-19H2. The highest BCUT2D eigenvalue weighted by Gasteiger charge is 2.26. The number of hydrogen-bond acceptors (Lipinski definition) is 8. The van der Waals surface area contributed by atoms with E-state index in [0.29, 0.717) is 32.8 Å². The number of hydrogen-bond donors (Lipinski definition) is 1. The number of nitrogens with zero attached hydrogens (tertiary/aromatic N) is 3. The van der Waals surface area contributed by atoms with Crippen LogP contribution in [0.25, 0.3) is 11.3 Å². The number of terminal acetylenes is 1. The third kappa shape index (κ3) is 6.24. The summed E-state index contributed by atoms with van der Waals surface area (Å²) in [5, 5.41) is 15.0. The smallest absolute Gasteiger partial charge is 0.232 e. The Kier molecular flexibility index (Phi) is 8.17. The van der Waals surface area contributed by atoms with Crippen LogP contribution in [0.2, 0.25) is 0 Å². The van der Waals surface area contributed by atoms with Crippen LogP contribution in [0.3, 0.4) is 0 Å². The number of morpholine rings is 1. The van der Waals surface area contributed by atoms with Gasteiger partial charge in [-0.05, 0) is 12.1 Å². The van der Waals surface area contributed by atoms with E-state index in [1.807, 2.05) is 42.5 Å². The molecule has 33 heavy (non-hydrogen) atoms. The van der Waals surface area contributed by atoms with Gasteiger partial charge in [0.25, 0.3) is 0 Å². The number of ether oxygens (including phenoxy) is 2. The Morgan fingerprint density at radius 1 is 1.15 bits per heavy atom. The lowest BCUT2D eigenvalue weighted by Crippen LogP contribution is -2.38. The second-order valence-electron chi connectivity index (χ2n) is 7.90. The Morgan fingerprint density at radius 2 is 1.97 bits per heavy atom. The molecule has 0 radical (unpaired) electrons. The first-order chi connectivity index (χ1) is 16.2. The maximum absolute atomic E-state index is 10.6. The highest BCUT2D eigenvalue weighted by molar-refractivity contribution is 5.68. The predicted molar refractivity (Wildman–Crippen MR) is 123 cm³/mol. The zero-order chi connectivity index (χ0) is 22.9. The molecule has 1 unspecified atom stereocenters. The van der Waals surface area contributed by atoms with Crippen LogP contribution in [0.15, 0.2) is 57.7 Å². The Hall–Kier alpha value is -3.09. The number of rotatable bonds is 11. The van der Waals surface area contributed by atoms with E-state index in [9.17, 15) is 5.11 Å². The van der Waals surface area contributed by atoms with Crippen molar-refractivity contribution in [2.45, 2.75) is 19.2 Å². The lowest BCUT2D eigenvalue weighted by Gasteiger charge is -2.29. The van der Waals surface area contributed by atoms with Crippen LogP contribution in [-0.2, 0) is 22.6 Å². The molecule has 0 spiro atoms. The van der Waals surface area contributed by atoms with Crippen molar-refractivity contribution in [2.75, 3.05) is 51.0 Å². The number of aliphatic hydroxyl groups is 1. The lowest BCUT2D eigenvalue weighted by atomic mass is 10.1. The fourth-order valence-corrected chi connectivity index (χ4v) is 3.92. The maximum Gasteiger partial charge on any atom is 0.232 e. The average Bonchev–Trinajstić information content (AvgIpc) is 3.50. The Bertz CT molecular complexity index is 1010. The van der Waals surface area contributed by atoms with E-state index in [1.165, 1.54) is 0 Å². The summed E-state index contributed by atoms with van der Waals surface area (Å²) in [6, 6.07) is 13.7. The van der Waals surface area contributed by atoms with Gasteiger partial charge in [-0.25, -0.2) is 0 Å². The number of benzene rings is 1. The third-order valence-electron chi connectivity index (χ3n) is 5.42. The molecule has 0 amide bonds. The van der Waals surface area contributed by atoms with E-state index in [1.54, 1.807) is 6.26 Å². The molecule has 1 aromatic carbocycles. The maximum atomic E-state index is 10.6. The third-order valence-corrected chi connectivity index (χ3v) is 5.42. The molecule has 0 aliphatic carbocycles. The Morgan fingerprint density at radius 3 is 2.70 bits per heavy atom. The molecule has 0 bridgehead atoms. The van der Waals surface area contributed by atoms with Crippen molar-refractivity contribution >= 4 is 5.88 Å². The van der Waals surface area contributed by atoms with Crippen molar-refractivity contribution in [1.82, 2.24) is 10.1 Å². The van der Waals surface area contributed by atoms with Gasteiger partial charge in [-0.2, -0.15) is 0 Å². The lowest BCUT2D eigenvalue weighted by molar-refractivity contribution is 0.0230. The molecule has 2 aromatic heterocycles. The summed E-state index contributed by atoms with van der Waals surface area (Å²) in [5.74, 6) is 3.96. The molecule has 1 aliphatic heterocycles. The van der Waals surface area contributed by atoms with Gasteiger partial charge in [0, 0.05) is 31.7 Å². The monoisotopic (exact) mass is 451 g/mol. The number of anilines is 1. The highest BCUT2D eigenvalue weighted by atomic mass is 16.5. The van der Waals surface area contributed by atoms with E-state index >= 15 is 0 Å². The molecule has 0 saturated carbocycles. The first-order valence-electron chi connectivity index (χ1n) is 11.0. The summed E-state index contributed by atoms with van der Waals surface area (Å²) in [4.78, 5) is 4.27. The Balaban J connectivity index is 1.61. The number of furan rings is 1. The molecule has 3 aromatic rings. The SMILES string of the molecule is C#CCOCC(O)CN(Cc1ccco1)Cc1c(-c2ccccc2)noc1N1CCOCC1. The minimum atomic E-state index is -0.708. The molecule has 1 aliphatic rings. The van der Waals surface area contributed by atoms with E-state index in [-0.39, 0.29) is 13.2 Å². The van der Waals surface area contributed by atoms with Crippen LogP contribution >= 0.6 is 0 Å². The summed E-state index contributed by atoms with van der Waals surface area (Å²) >= 11 is 0. The fourth-order valence-electron chi connectivity index (χ4n) is 3.92. The van der Waals surface area contributed by atoms with Gasteiger partial charge in [0.2, 0.25) is 5.88 Å². The zero-order valence-electron chi connectivity index (χ0n) is 18.6.